The molecule has 2 aromatic carbocycles. The second-order valence-electron chi connectivity index (χ2n) is 7.98. The summed E-state index contributed by atoms with van der Waals surface area (Å²) in [5.74, 6) is 1.83. The Morgan fingerprint density at radius 1 is 1.03 bits per heavy atom. The molecule has 30 heavy (non-hydrogen) atoms. The molecule has 0 unspecified atom stereocenters. The maximum Gasteiger partial charge on any atom is 0.244 e. The van der Waals surface area contributed by atoms with Crippen LogP contribution in [0.25, 0.3) is 0 Å². The molecule has 160 valence electrons. The Balaban J connectivity index is 1.68. The van der Waals surface area contributed by atoms with Gasteiger partial charge in [0.05, 0.1) is 13.2 Å². The lowest BCUT2D eigenvalue weighted by molar-refractivity contribution is -0.137. The van der Waals surface area contributed by atoms with Gasteiger partial charge in [0.1, 0.15) is 6.04 Å². The summed E-state index contributed by atoms with van der Waals surface area (Å²) in [6, 6.07) is 16.4. The van der Waals surface area contributed by atoms with Crippen molar-refractivity contribution < 1.29 is 14.3 Å². The molecule has 0 saturated carbocycles. The summed E-state index contributed by atoms with van der Waals surface area (Å²) in [4.78, 5) is 17.9. The van der Waals surface area contributed by atoms with Crippen LogP contribution >= 0.6 is 0 Å². The van der Waals surface area contributed by atoms with E-state index >= 15 is 0 Å². The Morgan fingerprint density at radius 2 is 1.77 bits per heavy atom. The topological polar surface area (TPSA) is 42.0 Å². The van der Waals surface area contributed by atoms with E-state index in [0.717, 1.165) is 56.0 Å². The zero-order valence-electron chi connectivity index (χ0n) is 18.0. The molecule has 0 aliphatic carbocycles. The molecule has 2 aliphatic rings. The van der Waals surface area contributed by atoms with E-state index in [2.05, 4.69) is 43.0 Å². The average Bonchev–Trinajstić information content (AvgIpc) is 3.13. The first-order chi connectivity index (χ1) is 14.7. The molecular formula is C25H32N2O3. The van der Waals surface area contributed by atoms with E-state index in [4.69, 9.17) is 9.47 Å². The summed E-state index contributed by atoms with van der Waals surface area (Å²) in [5, 5.41) is 0. The number of rotatable bonds is 6. The fourth-order valence-electron chi connectivity index (χ4n) is 4.66. The summed E-state index contributed by atoms with van der Waals surface area (Å²) in [6.07, 6.45) is 3.01. The maximum atomic E-state index is 13.6. The summed E-state index contributed by atoms with van der Waals surface area (Å²) in [5.41, 5.74) is 2.26. The minimum absolute atomic E-state index is 0.187. The number of carbonyl (C=O) groups excluding carboxylic acids is 1. The predicted molar refractivity (Wildman–Crippen MR) is 118 cm³/mol. The third-order valence-electron chi connectivity index (χ3n) is 6.21. The first-order valence-electron chi connectivity index (χ1n) is 11.2. The SMILES string of the molecule is CCN(CC)C(=O)[C@H](c1ccccc1)N1CCC[C@H]1c1ccc2c(c1)OCCCO2. The fraction of sp³-hybridized carbons (Fsp3) is 0.480. The highest BCUT2D eigenvalue weighted by Gasteiger charge is 2.38. The molecule has 2 heterocycles. The molecule has 1 amide bonds. The van der Waals surface area contributed by atoms with E-state index in [1.165, 1.54) is 5.56 Å². The molecule has 5 nitrogen and oxygen atoms in total. The number of hydrogen-bond donors (Lipinski definition) is 0. The van der Waals surface area contributed by atoms with Gasteiger partial charge in [0.15, 0.2) is 11.5 Å². The lowest BCUT2D eigenvalue weighted by atomic mass is 9.98. The van der Waals surface area contributed by atoms with Crippen LogP contribution in [0.1, 0.15) is 56.3 Å². The van der Waals surface area contributed by atoms with Crippen molar-refractivity contribution >= 4 is 5.91 Å². The standard InChI is InChI=1S/C25H32N2O3/c1-3-26(4-2)25(28)24(19-10-6-5-7-11-19)27-15-8-12-21(27)20-13-14-22-23(18-20)30-17-9-16-29-22/h5-7,10-11,13-14,18,21,24H,3-4,8-9,12,15-17H2,1-2H3/t21-,24-/m0/s1. The Bertz CT molecular complexity index is 851. The van der Waals surface area contributed by atoms with Crippen LogP contribution in [0, 0.1) is 0 Å². The second-order valence-corrected chi connectivity index (χ2v) is 7.98. The number of likely N-dealkylation sites (tertiary alicyclic amines) is 1. The van der Waals surface area contributed by atoms with Crippen LogP contribution in [-0.4, -0.2) is 48.6 Å². The Kier molecular flexibility index (Phi) is 6.58. The molecule has 0 aromatic heterocycles. The highest BCUT2D eigenvalue weighted by atomic mass is 16.5. The zero-order valence-corrected chi connectivity index (χ0v) is 18.0. The second kappa shape index (κ2) is 9.52. The number of likely N-dealkylation sites (N-methyl/N-ethyl adjacent to an activating group) is 1. The first kappa shape index (κ1) is 20.7. The fourth-order valence-corrected chi connectivity index (χ4v) is 4.66. The number of benzene rings is 2. The molecule has 0 spiro atoms. The van der Waals surface area contributed by atoms with Crippen LogP contribution in [0.3, 0.4) is 0 Å². The summed E-state index contributed by atoms with van der Waals surface area (Å²) in [6.45, 7) is 7.83. The monoisotopic (exact) mass is 408 g/mol. The molecule has 0 N–H and O–H groups in total. The molecule has 2 atom stereocenters. The van der Waals surface area contributed by atoms with E-state index in [0.29, 0.717) is 13.2 Å². The number of amides is 1. The van der Waals surface area contributed by atoms with E-state index in [1.807, 2.05) is 29.2 Å². The van der Waals surface area contributed by atoms with Crippen molar-refractivity contribution in [3.8, 4) is 11.5 Å². The lowest BCUT2D eigenvalue weighted by Crippen LogP contribution is -2.42. The van der Waals surface area contributed by atoms with Crippen LogP contribution in [-0.2, 0) is 4.79 Å². The van der Waals surface area contributed by atoms with Gasteiger partial charge >= 0.3 is 0 Å². The van der Waals surface area contributed by atoms with Crippen molar-refractivity contribution in [3.63, 3.8) is 0 Å². The summed E-state index contributed by atoms with van der Waals surface area (Å²) < 4.78 is 11.7. The molecular weight excluding hydrogens is 376 g/mol. The molecule has 5 heteroatoms. The highest BCUT2D eigenvalue weighted by molar-refractivity contribution is 5.83. The van der Waals surface area contributed by atoms with Gasteiger partial charge in [-0.3, -0.25) is 9.69 Å². The van der Waals surface area contributed by atoms with Gasteiger partial charge in [0.25, 0.3) is 0 Å². The third kappa shape index (κ3) is 4.17. The van der Waals surface area contributed by atoms with E-state index in [1.54, 1.807) is 0 Å². The van der Waals surface area contributed by atoms with Gasteiger partial charge in [-0.15, -0.1) is 0 Å². The Labute approximate surface area is 179 Å². The van der Waals surface area contributed by atoms with Gasteiger partial charge in [-0.05, 0) is 56.5 Å². The number of carbonyl (C=O) groups is 1. The van der Waals surface area contributed by atoms with Gasteiger partial charge < -0.3 is 14.4 Å². The molecule has 2 aromatic rings. The largest absolute Gasteiger partial charge is 0.490 e. The third-order valence-corrected chi connectivity index (χ3v) is 6.21. The zero-order chi connectivity index (χ0) is 20.9. The lowest BCUT2D eigenvalue weighted by Gasteiger charge is -2.36. The minimum Gasteiger partial charge on any atom is -0.490 e. The van der Waals surface area contributed by atoms with Crippen LogP contribution < -0.4 is 9.47 Å². The Hall–Kier alpha value is -2.53. The van der Waals surface area contributed by atoms with Crippen LogP contribution in [0.15, 0.2) is 48.5 Å². The van der Waals surface area contributed by atoms with Gasteiger partial charge in [-0.1, -0.05) is 36.4 Å². The summed E-state index contributed by atoms with van der Waals surface area (Å²) >= 11 is 0. The van der Waals surface area contributed by atoms with Crippen molar-refractivity contribution in [2.45, 2.75) is 45.2 Å². The van der Waals surface area contributed by atoms with Gasteiger partial charge in [-0.2, -0.15) is 0 Å². The molecule has 0 bridgehead atoms. The number of nitrogens with zero attached hydrogens (tertiary/aromatic N) is 2. The molecule has 0 radical (unpaired) electrons. The van der Waals surface area contributed by atoms with Crippen molar-refractivity contribution in [1.82, 2.24) is 9.80 Å². The van der Waals surface area contributed by atoms with Crippen LogP contribution in [0.5, 0.6) is 11.5 Å². The number of ether oxygens (including phenoxy) is 2. The predicted octanol–water partition coefficient (Wildman–Crippen LogP) is 4.59. The van der Waals surface area contributed by atoms with Crippen molar-refractivity contribution in [2.75, 3.05) is 32.8 Å². The smallest absolute Gasteiger partial charge is 0.244 e. The maximum absolute atomic E-state index is 13.6. The minimum atomic E-state index is -0.269. The quantitative estimate of drug-likeness (QED) is 0.701. The van der Waals surface area contributed by atoms with Crippen molar-refractivity contribution in [1.29, 1.82) is 0 Å². The van der Waals surface area contributed by atoms with Crippen molar-refractivity contribution in [2.24, 2.45) is 0 Å². The Morgan fingerprint density at radius 3 is 2.50 bits per heavy atom. The van der Waals surface area contributed by atoms with Crippen molar-refractivity contribution in [3.05, 3.63) is 59.7 Å². The van der Waals surface area contributed by atoms with E-state index in [-0.39, 0.29) is 18.0 Å². The molecule has 1 fully saturated rings. The van der Waals surface area contributed by atoms with Gasteiger partial charge in [0.2, 0.25) is 5.91 Å². The highest BCUT2D eigenvalue weighted by Crippen LogP contribution is 2.42. The van der Waals surface area contributed by atoms with E-state index < -0.39 is 0 Å². The summed E-state index contributed by atoms with van der Waals surface area (Å²) in [7, 11) is 0. The average molecular weight is 409 g/mol. The van der Waals surface area contributed by atoms with Crippen LogP contribution in [0.2, 0.25) is 0 Å². The number of hydrogen-bond acceptors (Lipinski definition) is 4. The van der Waals surface area contributed by atoms with E-state index in [9.17, 15) is 4.79 Å². The molecule has 1 saturated heterocycles. The van der Waals surface area contributed by atoms with Crippen LogP contribution in [0.4, 0.5) is 0 Å². The normalized spacial score (nSPS) is 19.9. The molecule has 4 rings (SSSR count). The molecule has 2 aliphatic heterocycles. The first-order valence-corrected chi connectivity index (χ1v) is 11.2. The van der Waals surface area contributed by atoms with Gasteiger partial charge in [0, 0.05) is 25.6 Å². The number of fused-ring (bicyclic) bond motifs is 1. The van der Waals surface area contributed by atoms with Gasteiger partial charge in [-0.25, -0.2) is 0 Å².